The van der Waals surface area contributed by atoms with Crippen LogP contribution in [-0.2, 0) is 18.2 Å². The van der Waals surface area contributed by atoms with E-state index in [1.165, 1.54) is 11.3 Å². The predicted octanol–water partition coefficient (Wildman–Crippen LogP) is 2.27. The van der Waals surface area contributed by atoms with Crippen LogP contribution in [0.2, 0.25) is 0 Å². The Morgan fingerprint density at radius 3 is 2.50 bits per heavy atom. The highest BCUT2D eigenvalue weighted by Gasteiger charge is 2.21. The van der Waals surface area contributed by atoms with Crippen molar-refractivity contribution in [1.29, 1.82) is 0 Å². The molecule has 0 aliphatic carbocycles. The van der Waals surface area contributed by atoms with E-state index in [0.29, 0.717) is 6.10 Å². The number of nitrogens with one attached hydrogen (secondary N) is 1. The summed E-state index contributed by atoms with van der Waals surface area (Å²) in [5.74, 6) is 0.999. The maximum Gasteiger partial charge on any atom is 0.193 e. The lowest BCUT2D eigenvalue weighted by atomic mass is 10.1. The van der Waals surface area contributed by atoms with Gasteiger partial charge < -0.3 is 15.0 Å². The molecular weight excluding hydrogens is 417 g/mol. The zero-order valence-corrected chi connectivity index (χ0v) is 18.0. The summed E-state index contributed by atoms with van der Waals surface area (Å²) in [5.41, 5.74) is 3.71. The van der Waals surface area contributed by atoms with Crippen LogP contribution in [0, 0.1) is 13.8 Å². The van der Waals surface area contributed by atoms with Crippen molar-refractivity contribution >= 4 is 29.9 Å². The first-order chi connectivity index (χ1) is 11.1. The normalized spacial score (nSPS) is 16.2. The number of piperidine rings is 1. The van der Waals surface area contributed by atoms with Crippen LogP contribution in [0.3, 0.4) is 0 Å². The van der Waals surface area contributed by atoms with Gasteiger partial charge in [-0.2, -0.15) is 5.10 Å². The van der Waals surface area contributed by atoms with Gasteiger partial charge in [0.25, 0.3) is 0 Å². The SMILES string of the molecule is CCOC1CCN(C(=NC)NCCc2c(C)nn(C)c2C)CC1.I. The number of hydrogen-bond acceptors (Lipinski definition) is 3. The maximum atomic E-state index is 5.72. The molecule has 0 unspecified atom stereocenters. The van der Waals surface area contributed by atoms with Crippen molar-refractivity contribution in [1.82, 2.24) is 20.0 Å². The predicted molar refractivity (Wildman–Crippen MR) is 109 cm³/mol. The summed E-state index contributed by atoms with van der Waals surface area (Å²) in [6.45, 7) is 9.98. The van der Waals surface area contributed by atoms with Crippen LogP contribution in [0.1, 0.15) is 36.7 Å². The first-order valence-electron chi connectivity index (χ1n) is 8.63. The zero-order valence-electron chi connectivity index (χ0n) is 15.6. The number of likely N-dealkylation sites (tertiary alicyclic amines) is 1. The Morgan fingerprint density at radius 1 is 1.33 bits per heavy atom. The quantitative estimate of drug-likeness (QED) is 0.426. The van der Waals surface area contributed by atoms with Gasteiger partial charge in [-0.3, -0.25) is 9.67 Å². The van der Waals surface area contributed by atoms with E-state index in [1.807, 2.05) is 18.8 Å². The molecule has 2 rings (SSSR count). The first-order valence-corrected chi connectivity index (χ1v) is 8.63. The Hall–Kier alpha value is -0.830. The third-order valence-electron chi connectivity index (χ3n) is 4.67. The third-order valence-corrected chi connectivity index (χ3v) is 4.67. The van der Waals surface area contributed by atoms with Crippen molar-refractivity contribution in [3.05, 3.63) is 17.0 Å². The molecule has 1 fully saturated rings. The van der Waals surface area contributed by atoms with Crippen molar-refractivity contribution in [2.45, 2.75) is 46.1 Å². The van der Waals surface area contributed by atoms with Crippen LogP contribution >= 0.6 is 24.0 Å². The van der Waals surface area contributed by atoms with Crippen LogP contribution in [0.15, 0.2) is 4.99 Å². The van der Waals surface area contributed by atoms with Crippen molar-refractivity contribution < 1.29 is 4.74 Å². The van der Waals surface area contributed by atoms with Crippen LogP contribution in [-0.4, -0.2) is 60.0 Å². The van der Waals surface area contributed by atoms with Gasteiger partial charge in [0.2, 0.25) is 0 Å². The van der Waals surface area contributed by atoms with E-state index in [4.69, 9.17) is 4.74 Å². The summed E-state index contributed by atoms with van der Waals surface area (Å²) in [6, 6.07) is 0. The lowest BCUT2D eigenvalue weighted by Gasteiger charge is -2.34. The molecule has 1 aliphatic rings. The molecule has 0 saturated carbocycles. The fourth-order valence-electron chi connectivity index (χ4n) is 3.28. The lowest BCUT2D eigenvalue weighted by molar-refractivity contribution is 0.0264. The summed E-state index contributed by atoms with van der Waals surface area (Å²) in [5, 5.41) is 7.97. The van der Waals surface area contributed by atoms with Gasteiger partial charge in [0, 0.05) is 46.0 Å². The Bertz CT molecular complexity index is 535. The van der Waals surface area contributed by atoms with Gasteiger partial charge in [0.05, 0.1) is 11.8 Å². The smallest absolute Gasteiger partial charge is 0.193 e. The van der Waals surface area contributed by atoms with Crippen molar-refractivity contribution in [2.75, 3.05) is 33.3 Å². The maximum absolute atomic E-state index is 5.72. The van der Waals surface area contributed by atoms with Gasteiger partial charge in [-0.15, -0.1) is 24.0 Å². The monoisotopic (exact) mass is 449 g/mol. The van der Waals surface area contributed by atoms with E-state index >= 15 is 0 Å². The largest absolute Gasteiger partial charge is 0.378 e. The Balaban J connectivity index is 0.00000288. The van der Waals surface area contributed by atoms with Crippen LogP contribution in [0.5, 0.6) is 0 Å². The first kappa shape index (κ1) is 21.2. The summed E-state index contributed by atoms with van der Waals surface area (Å²) in [6.07, 6.45) is 3.54. The highest BCUT2D eigenvalue weighted by molar-refractivity contribution is 14.0. The van der Waals surface area contributed by atoms with E-state index in [1.54, 1.807) is 0 Å². The highest BCUT2D eigenvalue weighted by atomic mass is 127. The van der Waals surface area contributed by atoms with Gasteiger partial charge in [-0.25, -0.2) is 0 Å². The molecule has 6 nitrogen and oxygen atoms in total. The zero-order chi connectivity index (χ0) is 16.8. The minimum atomic E-state index is 0. The number of aromatic nitrogens is 2. The van der Waals surface area contributed by atoms with Gasteiger partial charge in [-0.05, 0) is 45.6 Å². The number of rotatable bonds is 5. The van der Waals surface area contributed by atoms with Gasteiger partial charge in [-0.1, -0.05) is 0 Å². The van der Waals surface area contributed by atoms with Gasteiger partial charge in [0.15, 0.2) is 5.96 Å². The number of ether oxygens (including phenoxy) is 1. The second-order valence-electron chi connectivity index (χ2n) is 6.14. The Labute approximate surface area is 163 Å². The average molecular weight is 449 g/mol. The summed E-state index contributed by atoms with van der Waals surface area (Å²) in [7, 11) is 3.86. The molecule has 1 aliphatic heterocycles. The van der Waals surface area contributed by atoms with E-state index in [-0.39, 0.29) is 24.0 Å². The molecule has 1 N–H and O–H groups in total. The summed E-state index contributed by atoms with van der Waals surface area (Å²) in [4.78, 5) is 6.77. The molecule has 0 atom stereocenters. The molecule has 1 aromatic heterocycles. The van der Waals surface area contributed by atoms with Crippen molar-refractivity contribution in [3.63, 3.8) is 0 Å². The molecular formula is C17H32IN5O. The van der Waals surface area contributed by atoms with Crippen LogP contribution < -0.4 is 5.32 Å². The van der Waals surface area contributed by atoms with Gasteiger partial charge in [0.1, 0.15) is 0 Å². The van der Waals surface area contributed by atoms with E-state index in [0.717, 1.165) is 57.2 Å². The van der Waals surface area contributed by atoms with E-state index < -0.39 is 0 Å². The Kier molecular flexibility index (Phi) is 9.04. The summed E-state index contributed by atoms with van der Waals surface area (Å²) >= 11 is 0. The minimum Gasteiger partial charge on any atom is -0.378 e. The lowest BCUT2D eigenvalue weighted by Crippen LogP contribution is -2.47. The van der Waals surface area contributed by atoms with Crippen LogP contribution in [0.4, 0.5) is 0 Å². The summed E-state index contributed by atoms with van der Waals surface area (Å²) < 4.78 is 7.67. The standard InChI is InChI=1S/C17H31N5O.HI/c1-6-23-15-8-11-22(12-9-15)17(18-4)19-10-7-16-13(2)20-21(5)14(16)3;/h15H,6-12H2,1-5H3,(H,18,19);1H. The fourth-order valence-corrected chi connectivity index (χ4v) is 3.28. The van der Waals surface area contributed by atoms with Crippen molar-refractivity contribution in [2.24, 2.45) is 12.0 Å². The fraction of sp³-hybridized carbons (Fsp3) is 0.765. The highest BCUT2D eigenvalue weighted by Crippen LogP contribution is 2.14. The number of aliphatic imine (C=N–C) groups is 1. The minimum absolute atomic E-state index is 0. The molecule has 0 aromatic carbocycles. The molecule has 0 spiro atoms. The number of guanidine groups is 1. The number of nitrogens with zero attached hydrogens (tertiary/aromatic N) is 4. The molecule has 24 heavy (non-hydrogen) atoms. The topological polar surface area (TPSA) is 54.7 Å². The Morgan fingerprint density at radius 2 is 2.00 bits per heavy atom. The molecule has 1 saturated heterocycles. The van der Waals surface area contributed by atoms with E-state index in [2.05, 4.69) is 41.1 Å². The molecule has 1 aromatic rings. The van der Waals surface area contributed by atoms with Crippen LogP contribution in [0.25, 0.3) is 0 Å². The molecule has 138 valence electrons. The van der Waals surface area contributed by atoms with E-state index in [9.17, 15) is 0 Å². The number of halogens is 1. The second-order valence-corrected chi connectivity index (χ2v) is 6.14. The second kappa shape index (κ2) is 10.2. The molecule has 0 bridgehead atoms. The number of hydrogen-bond donors (Lipinski definition) is 1. The number of aryl methyl sites for hydroxylation is 2. The third kappa shape index (κ3) is 5.34. The molecule has 2 heterocycles. The molecule has 0 amide bonds. The molecule has 0 radical (unpaired) electrons. The average Bonchev–Trinajstić information content (AvgIpc) is 2.79. The van der Waals surface area contributed by atoms with Gasteiger partial charge >= 0.3 is 0 Å². The van der Waals surface area contributed by atoms with Crippen molar-refractivity contribution in [3.8, 4) is 0 Å². The molecule has 7 heteroatoms.